The van der Waals surface area contributed by atoms with Gasteiger partial charge in [0, 0.05) is 37.8 Å². The summed E-state index contributed by atoms with van der Waals surface area (Å²) in [5.41, 5.74) is 0.462. The molecule has 3 amide bonds. The molecule has 1 unspecified atom stereocenters. The van der Waals surface area contributed by atoms with Crippen LogP contribution in [-0.4, -0.2) is 57.5 Å². The molecule has 11 heteroatoms. The molecule has 0 spiro atoms. The van der Waals surface area contributed by atoms with Crippen molar-refractivity contribution in [2.24, 2.45) is 0 Å². The van der Waals surface area contributed by atoms with Crippen molar-refractivity contribution in [1.29, 1.82) is 0 Å². The van der Waals surface area contributed by atoms with E-state index in [1.807, 2.05) is 0 Å². The lowest BCUT2D eigenvalue weighted by Crippen LogP contribution is -2.61. The molecule has 1 heterocycles. The Morgan fingerprint density at radius 3 is 2.45 bits per heavy atom. The first-order valence-electron chi connectivity index (χ1n) is 9.97. The number of rotatable bonds is 9. The van der Waals surface area contributed by atoms with Crippen LogP contribution >= 0.6 is 0 Å². The largest absolute Gasteiger partial charge is 0.524 e. The van der Waals surface area contributed by atoms with Crippen LogP contribution in [0.3, 0.4) is 0 Å². The second kappa shape index (κ2) is 10.6. The molecule has 0 radical (unpaired) electrons. The number of carbonyl (C=O) groups excluding carboxylic acids is 3. The monoisotopic (exact) mass is 436 g/mol. The van der Waals surface area contributed by atoms with Crippen LogP contribution < -0.4 is 5.32 Å². The minimum Gasteiger partial charge on any atom is -0.481 e. The van der Waals surface area contributed by atoms with Gasteiger partial charge in [-0.05, 0) is 31.0 Å². The molecule has 1 aliphatic heterocycles. The van der Waals surface area contributed by atoms with E-state index < -0.39 is 33.3 Å². The molecule has 0 saturated carbocycles. The third-order valence-corrected chi connectivity index (χ3v) is 5.40. The van der Waals surface area contributed by atoms with Crippen LogP contribution in [-0.2, 0) is 25.7 Å². The Balaban J connectivity index is 1.98. The number of quaternary nitrogens is 1. The summed E-state index contributed by atoms with van der Waals surface area (Å²) in [7, 11) is 0. The van der Waals surface area contributed by atoms with Gasteiger partial charge in [-0.3, -0.25) is 19.7 Å². The van der Waals surface area contributed by atoms with Gasteiger partial charge in [-0.2, -0.15) is 9.28 Å². The van der Waals surface area contributed by atoms with E-state index >= 15 is 0 Å². The number of non-ortho nitro benzene ring substituents is 1. The molecule has 1 aliphatic rings. The fraction of sp³-hybridized carbons (Fsp3) is 0.500. The highest BCUT2D eigenvalue weighted by molar-refractivity contribution is 5.86. The molecular weight excluding hydrogens is 410 g/mol. The van der Waals surface area contributed by atoms with E-state index in [-0.39, 0.29) is 50.7 Å². The maximum atomic E-state index is 12.9. The number of hydrogen-bond acceptors (Lipinski definition) is 7. The fourth-order valence-electron chi connectivity index (χ4n) is 3.60. The third kappa shape index (κ3) is 6.07. The van der Waals surface area contributed by atoms with E-state index in [0.29, 0.717) is 18.4 Å². The lowest BCUT2D eigenvalue weighted by molar-refractivity contribution is -0.792. The van der Waals surface area contributed by atoms with E-state index in [2.05, 4.69) is 5.32 Å². The number of nitro benzene ring substituents is 1. The van der Waals surface area contributed by atoms with Crippen LogP contribution in [0.25, 0.3) is 0 Å². The summed E-state index contributed by atoms with van der Waals surface area (Å²) in [6, 6.07) is 5.24. The topological polar surface area (TPSA) is 153 Å². The van der Waals surface area contributed by atoms with E-state index in [1.165, 1.54) is 24.3 Å². The van der Waals surface area contributed by atoms with Crippen molar-refractivity contribution in [3.63, 3.8) is 0 Å². The van der Waals surface area contributed by atoms with Gasteiger partial charge in [0.1, 0.15) is 19.2 Å². The zero-order chi connectivity index (χ0) is 23.0. The Morgan fingerprint density at radius 2 is 1.90 bits per heavy atom. The lowest BCUT2D eigenvalue weighted by Gasteiger charge is -2.31. The van der Waals surface area contributed by atoms with Gasteiger partial charge < -0.3 is 15.2 Å². The van der Waals surface area contributed by atoms with Crippen molar-refractivity contribution in [3.8, 4) is 0 Å². The summed E-state index contributed by atoms with van der Waals surface area (Å²) in [5.74, 6) is -1.96. The number of ether oxygens (including phenoxy) is 1. The maximum absolute atomic E-state index is 12.9. The number of carboxylic acids is 1. The first-order chi connectivity index (χ1) is 14.7. The molecule has 168 valence electrons. The van der Waals surface area contributed by atoms with E-state index in [9.17, 15) is 29.3 Å². The predicted molar refractivity (Wildman–Crippen MR) is 107 cm³/mol. The quantitative estimate of drug-likeness (QED) is 0.339. The van der Waals surface area contributed by atoms with Crippen molar-refractivity contribution in [2.45, 2.75) is 51.7 Å². The van der Waals surface area contributed by atoms with E-state index in [0.717, 1.165) is 0 Å². The molecule has 1 fully saturated rings. The third-order valence-electron chi connectivity index (χ3n) is 5.40. The number of amides is 3. The fourth-order valence-corrected chi connectivity index (χ4v) is 3.60. The SMILES string of the molecule is C[C@@H]1CCC[N+]1(C(=O)CNC(=O)CCCC(=O)O)C(=O)OCc1ccc([N+](=O)[O-])cc1. The summed E-state index contributed by atoms with van der Waals surface area (Å²) < 4.78 is 4.83. The number of imide groups is 1. The highest BCUT2D eigenvalue weighted by Crippen LogP contribution is 2.29. The molecule has 2 rings (SSSR count). The maximum Gasteiger partial charge on any atom is 0.524 e. The van der Waals surface area contributed by atoms with Gasteiger partial charge in [-0.25, -0.2) is 4.79 Å². The summed E-state index contributed by atoms with van der Waals surface area (Å²) in [6.07, 6.45) is 0.543. The second-order valence-electron chi connectivity index (χ2n) is 7.48. The molecule has 2 N–H and O–H groups in total. The van der Waals surface area contributed by atoms with E-state index in [1.54, 1.807) is 6.92 Å². The molecule has 0 bridgehead atoms. The van der Waals surface area contributed by atoms with Gasteiger partial charge in [0.25, 0.3) is 5.69 Å². The molecule has 0 aliphatic carbocycles. The number of benzene rings is 1. The average molecular weight is 436 g/mol. The first kappa shape index (κ1) is 23.9. The smallest absolute Gasteiger partial charge is 0.481 e. The zero-order valence-corrected chi connectivity index (χ0v) is 17.2. The van der Waals surface area contributed by atoms with Gasteiger partial charge in [-0.1, -0.05) is 0 Å². The van der Waals surface area contributed by atoms with E-state index in [4.69, 9.17) is 9.84 Å². The zero-order valence-electron chi connectivity index (χ0n) is 17.2. The van der Waals surface area contributed by atoms with Crippen molar-refractivity contribution in [3.05, 3.63) is 39.9 Å². The van der Waals surface area contributed by atoms with Crippen LogP contribution in [0.2, 0.25) is 0 Å². The minimum absolute atomic E-state index is 0.0281. The lowest BCUT2D eigenvalue weighted by atomic mass is 10.2. The number of likely N-dealkylation sites (tertiary alicyclic amines) is 1. The standard InChI is InChI=1S/C20H25N3O8/c1-14-4-3-11-23(14,18(25)12-21-17(24)5-2-6-19(26)27)20(28)31-13-15-7-9-16(10-8-15)22(29)30/h7-10,14H,2-6,11-13H2,1H3,(H-,21,24,26,27)/p+1/t14-,23?/m1/s1. The Bertz CT molecular complexity index is 854. The van der Waals surface area contributed by atoms with Crippen LogP contribution in [0, 0.1) is 10.1 Å². The van der Waals surface area contributed by atoms with Crippen LogP contribution in [0.5, 0.6) is 0 Å². The molecule has 11 nitrogen and oxygen atoms in total. The Labute approximate surface area is 178 Å². The molecule has 0 aromatic heterocycles. The summed E-state index contributed by atoms with van der Waals surface area (Å²) >= 11 is 0. The summed E-state index contributed by atoms with van der Waals surface area (Å²) in [6.45, 7) is 1.53. The summed E-state index contributed by atoms with van der Waals surface area (Å²) in [4.78, 5) is 58.4. The molecule has 31 heavy (non-hydrogen) atoms. The minimum atomic E-state index is -1.00. The Hall–Kier alpha value is -3.34. The van der Waals surface area contributed by atoms with Crippen molar-refractivity contribution in [2.75, 3.05) is 13.1 Å². The Morgan fingerprint density at radius 1 is 1.23 bits per heavy atom. The molecule has 1 aromatic carbocycles. The predicted octanol–water partition coefficient (Wildman–Crippen LogP) is 2.13. The van der Waals surface area contributed by atoms with Gasteiger partial charge >= 0.3 is 18.0 Å². The number of aliphatic carboxylic acids is 1. The number of nitrogens with zero attached hydrogens (tertiary/aromatic N) is 2. The number of nitrogens with one attached hydrogen (secondary N) is 1. The highest BCUT2D eigenvalue weighted by Gasteiger charge is 2.53. The average Bonchev–Trinajstić information content (AvgIpc) is 3.12. The number of carbonyl (C=O) groups is 4. The highest BCUT2D eigenvalue weighted by atomic mass is 16.6. The van der Waals surface area contributed by atoms with Gasteiger partial charge in [0.2, 0.25) is 5.91 Å². The molecular formula is C20H26N3O8+. The van der Waals surface area contributed by atoms with Gasteiger partial charge in [-0.15, -0.1) is 0 Å². The van der Waals surface area contributed by atoms with Crippen molar-refractivity contribution >= 4 is 29.6 Å². The van der Waals surface area contributed by atoms with Gasteiger partial charge in [0.05, 0.1) is 11.5 Å². The number of hydrogen-bond donors (Lipinski definition) is 2. The normalized spacial score (nSPS) is 20.1. The Kier molecular flexibility index (Phi) is 8.20. The number of nitro groups is 1. The molecule has 1 saturated heterocycles. The first-order valence-corrected chi connectivity index (χ1v) is 9.97. The van der Waals surface area contributed by atoms with Crippen molar-refractivity contribution < 1.29 is 38.4 Å². The number of carboxylic acid groups (broad SMARTS) is 1. The van der Waals surface area contributed by atoms with Crippen molar-refractivity contribution in [1.82, 2.24) is 5.32 Å². The second-order valence-corrected chi connectivity index (χ2v) is 7.48. The van der Waals surface area contributed by atoms with Crippen LogP contribution in [0.15, 0.2) is 24.3 Å². The summed E-state index contributed by atoms with van der Waals surface area (Å²) in [5, 5.41) is 21.8. The molecule has 1 aromatic rings. The van der Waals surface area contributed by atoms with Crippen LogP contribution in [0.1, 0.15) is 44.6 Å². The van der Waals surface area contributed by atoms with Gasteiger partial charge in [0.15, 0.2) is 0 Å². The van der Waals surface area contributed by atoms with Crippen LogP contribution in [0.4, 0.5) is 10.5 Å². The molecule has 2 atom stereocenters.